The zero-order chi connectivity index (χ0) is 22.9. The van der Waals surface area contributed by atoms with Crippen molar-refractivity contribution in [3.05, 3.63) is 94.1 Å². The molecule has 2 aliphatic rings. The van der Waals surface area contributed by atoms with Crippen LogP contribution >= 0.6 is 11.6 Å². The lowest BCUT2D eigenvalue weighted by molar-refractivity contribution is -0.116. The predicted octanol–water partition coefficient (Wildman–Crippen LogP) is 6.34. The average molecular weight is 461 g/mol. The summed E-state index contributed by atoms with van der Waals surface area (Å²) in [6.07, 6.45) is 1.15. The molecule has 6 heteroatoms. The number of carbonyl (C=O) groups excluding carboxylic acids is 1. The van der Waals surface area contributed by atoms with Crippen LogP contribution in [-0.4, -0.2) is 20.0 Å². The lowest BCUT2D eigenvalue weighted by atomic mass is 9.78. The Kier molecular flexibility index (Phi) is 5.73. The molecule has 5 rings (SSSR count). The second-order valence-electron chi connectivity index (χ2n) is 8.33. The number of benzene rings is 3. The van der Waals surface area contributed by atoms with Gasteiger partial charge in [0.15, 0.2) is 17.3 Å². The molecule has 2 N–H and O–H groups in total. The average Bonchev–Trinajstić information content (AvgIpc) is 3.01. The van der Waals surface area contributed by atoms with Crippen molar-refractivity contribution in [1.82, 2.24) is 0 Å². The maximum Gasteiger partial charge on any atom is 0.163 e. The molecule has 5 nitrogen and oxygen atoms in total. The van der Waals surface area contributed by atoms with Crippen molar-refractivity contribution in [2.75, 3.05) is 24.9 Å². The van der Waals surface area contributed by atoms with Crippen LogP contribution in [0.25, 0.3) is 0 Å². The zero-order valence-electron chi connectivity index (χ0n) is 18.5. The van der Waals surface area contributed by atoms with Crippen LogP contribution in [0.4, 0.5) is 11.4 Å². The van der Waals surface area contributed by atoms with Crippen LogP contribution in [-0.2, 0) is 4.79 Å². The molecule has 0 fully saturated rings. The molecular formula is C27H25ClN2O3. The van der Waals surface area contributed by atoms with Gasteiger partial charge in [-0.15, -0.1) is 0 Å². The Morgan fingerprint density at radius 2 is 1.55 bits per heavy atom. The van der Waals surface area contributed by atoms with E-state index in [0.29, 0.717) is 22.9 Å². The van der Waals surface area contributed by atoms with Gasteiger partial charge in [0.2, 0.25) is 0 Å². The van der Waals surface area contributed by atoms with Crippen LogP contribution in [0.1, 0.15) is 35.9 Å². The van der Waals surface area contributed by atoms with E-state index < -0.39 is 0 Å². The van der Waals surface area contributed by atoms with E-state index in [9.17, 15) is 4.79 Å². The van der Waals surface area contributed by atoms with Crippen molar-refractivity contribution in [3.8, 4) is 11.5 Å². The molecule has 0 radical (unpaired) electrons. The van der Waals surface area contributed by atoms with Crippen molar-refractivity contribution in [2.24, 2.45) is 0 Å². The van der Waals surface area contributed by atoms with Gasteiger partial charge in [-0.25, -0.2) is 0 Å². The number of para-hydroxylation sites is 2. The first-order valence-electron chi connectivity index (χ1n) is 10.9. The molecule has 0 bridgehead atoms. The molecule has 0 amide bonds. The molecule has 2 unspecified atom stereocenters. The molecule has 2 atom stereocenters. The highest BCUT2D eigenvalue weighted by Gasteiger charge is 2.36. The van der Waals surface area contributed by atoms with Gasteiger partial charge < -0.3 is 20.1 Å². The number of carbonyl (C=O) groups is 1. The number of hydrogen-bond acceptors (Lipinski definition) is 5. The van der Waals surface area contributed by atoms with Crippen molar-refractivity contribution < 1.29 is 14.3 Å². The first kappa shape index (κ1) is 21.4. The molecule has 0 saturated carbocycles. The summed E-state index contributed by atoms with van der Waals surface area (Å²) in [5, 5.41) is 7.83. The summed E-state index contributed by atoms with van der Waals surface area (Å²) in [6.45, 7) is 0. The summed E-state index contributed by atoms with van der Waals surface area (Å²) in [5.74, 6) is 1.52. The lowest BCUT2D eigenvalue weighted by Crippen LogP contribution is -2.26. The minimum Gasteiger partial charge on any atom is -0.493 e. The number of hydrogen-bond donors (Lipinski definition) is 2. The molecule has 1 aliphatic carbocycles. The maximum absolute atomic E-state index is 13.6. The van der Waals surface area contributed by atoms with Gasteiger partial charge in [-0.2, -0.15) is 0 Å². The number of methoxy groups -OCH3 is 2. The van der Waals surface area contributed by atoms with Gasteiger partial charge in [0.05, 0.1) is 31.6 Å². The zero-order valence-corrected chi connectivity index (χ0v) is 19.3. The van der Waals surface area contributed by atoms with Crippen molar-refractivity contribution >= 4 is 28.8 Å². The second-order valence-corrected chi connectivity index (χ2v) is 8.77. The van der Waals surface area contributed by atoms with E-state index in [2.05, 4.69) is 10.6 Å². The van der Waals surface area contributed by atoms with Crippen LogP contribution in [0.2, 0.25) is 5.02 Å². The van der Waals surface area contributed by atoms with Gasteiger partial charge in [0, 0.05) is 22.7 Å². The van der Waals surface area contributed by atoms with Crippen LogP contribution in [0, 0.1) is 0 Å². The van der Waals surface area contributed by atoms with Gasteiger partial charge in [-0.1, -0.05) is 41.9 Å². The van der Waals surface area contributed by atoms with Gasteiger partial charge in [0.25, 0.3) is 0 Å². The molecule has 3 aromatic rings. The van der Waals surface area contributed by atoms with E-state index in [1.807, 2.05) is 66.7 Å². The monoisotopic (exact) mass is 460 g/mol. The number of ketones is 1. The Balaban J connectivity index is 1.57. The predicted molar refractivity (Wildman–Crippen MR) is 131 cm³/mol. The molecular weight excluding hydrogens is 436 g/mol. The Morgan fingerprint density at radius 1 is 0.848 bits per heavy atom. The smallest absolute Gasteiger partial charge is 0.163 e. The highest BCUT2D eigenvalue weighted by Crippen LogP contribution is 2.45. The number of anilines is 2. The Hall–Kier alpha value is -3.44. The lowest BCUT2D eigenvalue weighted by Gasteiger charge is -2.30. The molecule has 3 aromatic carbocycles. The van der Waals surface area contributed by atoms with E-state index in [1.54, 1.807) is 14.2 Å². The van der Waals surface area contributed by atoms with E-state index in [1.165, 1.54) is 0 Å². The summed E-state index contributed by atoms with van der Waals surface area (Å²) in [6, 6.07) is 21.4. The number of rotatable bonds is 4. The molecule has 1 heterocycles. The van der Waals surface area contributed by atoms with Gasteiger partial charge in [-0.05, 0) is 59.9 Å². The molecule has 0 aromatic heterocycles. The number of allylic oxidation sites excluding steroid dienone is 1. The van der Waals surface area contributed by atoms with Gasteiger partial charge in [0.1, 0.15) is 0 Å². The van der Waals surface area contributed by atoms with E-state index in [-0.39, 0.29) is 17.7 Å². The van der Waals surface area contributed by atoms with E-state index in [0.717, 1.165) is 40.2 Å². The molecule has 33 heavy (non-hydrogen) atoms. The number of ether oxygens (including phenoxy) is 2. The van der Waals surface area contributed by atoms with Crippen molar-refractivity contribution in [1.29, 1.82) is 0 Å². The fourth-order valence-corrected chi connectivity index (χ4v) is 4.87. The van der Waals surface area contributed by atoms with Crippen LogP contribution in [0.15, 0.2) is 78.0 Å². The molecule has 168 valence electrons. The molecule has 0 spiro atoms. The SMILES string of the molecule is COc1ccc(C2CC(=O)C3=C(C2)Nc2ccccc2NC3c2ccc(Cl)cc2)cc1OC. The Morgan fingerprint density at radius 3 is 2.27 bits per heavy atom. The van der Waals surface area contributed by atoms with E-state index in [4.69, 9.17) is 21.1 Å². The van der Waals surface area contributed by atoms with Gasteiger partial charge in [-0.3, -0.25) is 4.79 Å². The van der Waals surface area contributed by atoms with Crippen LogP contribution in [0.5, 0.6) is 11.5 Å². The summed E-state index contributed by atoms with van der Waals surface area (Å²) in [4.78, 5) is 13.6. The number of fused-ring (bicyclic) bond motifs is 1. The molecule has 1 aliphatic heterocycles. The second kappa shape index (κ2) is 8.83. The van der Waals surface area contributed by atoms with Crippen LogP contribution in [0.3, 0.4) is 0 Å². The Labute approximate surface area is 198 Å². The number of nitrogens with one attached hydrogen (secondary N) is 2. The standard InChI is InChI=1S/C27H25ClN2O3/c1-32-24-12-9-17(15-25(24)33-2)18-13-22-26(23(31)14-18)27(16-7-10-19(28)11-8-16)30-21-6-4-3-5-20(21)29-22/h3-12,15,18,27,29-30H,13-14H2,1-2H3. The number of halogens is 1. The van der Waals surface area contributed by atoms with Crippen LogP contribution < -0.4 is 20.1 Å². The third kappa shape index (κ3) is 4.05. The topological polar surface area (TPSA) is 59.6 Å². The Bertz CT molecular complexity index is 1240. The summed E-state index contributed by atoms with van der Waals surface area (Å²) in [7, 11) is 3.25. The normalized spacial score (nSPS) is 19.5. The highest BCUT2D eigenvalue weighted by atomic mass is 35.5. The summed E-state index contributed by atoms with van der Waals surface area (Å²) in [5.41, 5.74) is 5.71. The van der Waals surface area contributed by atoms with Crippen molar-refractivity contribution in [3.63, 3.8) is 0 Å². The van der Waals surface area contributed by atoms with Gasteiger partial charge >= 0.3 is 0 Å². The third-order valence-electron chi connectivity index (χ3n) is 6.39. The maximum atomic E-state index is 13.6. The quantitative estimate of drug-likeness (QED) is 0.476. The molecule has 0 saturated heterocycles. The summed E-state index contributed by atoms with van der Waals surface area (Å²) >= 11 is 6.13. The fraction of sp³-hybridized carbons (Fsp3) is 0.222. The summed E-state index contributed by atoms with van der Waals surface area (Å²) < 4.78 is 10.9. The minimum absolute atomic E-state index is 0.0414. The fourth-order valence-electron chi connectivity index (χ4n) is 4.74. The van der Waals surface area contributed by atoms with Crippen molar-refractivity contribution in [2.45, 2.75) is 24.8 Å². The minimum atomic E-state index is -0.257. The van der Waals surface area contributed by atoms with E-state index >= 15 is 0 Å². The highest BCUT2D eigenvalue weighted by molar-refractivity contribution is 6.30. The number of Topliss-reactive ketones (excluding diaryl/α,β-unsaturated/α-hetero) is 1. The third-order valence-corrected chi connectivity index (χ3v) is 6.64. The first-order chi connectivity index (χ1) is 16.1. The first-order valence-corrected chi connectivity index (χ1v) is 11.3. The largest absolute Gasteiger partial charge is 0.493 e.